The van der Waals surface area contributed by atoms with Crippen LogP contribution in [0.25, 0.3) is 0 Å². The van der Waals surface area contributed by atoms with Crippen molar-refractivity contribution in [2.75, 3.05) is 19.8 Å². The maximum Gasteiger partial charge on any atom is 0.407 e. The molecule has 4 rings (SSSR count). The molecule has 1 aliphatic rings. The van der Waals surface area contributed by atoms with E-state index in [1.807, 2.05) is 84.9 Å². The number of amides is 3. The molecular weight excluding hydrogens is 682 g/mol. The Labute approximate surface area is 319 Å². The van der Waals surface area contributed by atoms with Gasteiger partial charge in [0, 0.05) is 19.5 Å². The van der Waals surface area contributed by atoms with Gasteiger partial charge in [-0.05, 0) is 73.6 Å². The summed E-state index contributed by atoms with van der Waals surface area (Å²) in [5, 5.41) is 16.0. The van der Waals surface area contributed by atoms with Gasteiger partial charge in [0.05, 0.1) is 30.5 Å². The van der Waals surface area contributed by atoms with Crippen molar-refractivity contribution in [3.63, 3.8) is 0 Å². The quantitative estimate of drug-likeness (QED) is 0.0612. The van der Waals surface area contributed by atoms with Crippen molar-refractivity contribution in [2.24, 2.45) is 11.8 Å². The van der Waals surface area contributed by atoms with Gasteiger partial charge in [-0.3, -0.25) is 14.4 Å². The fourth-order valence-electron chi connectivity index (χ4n) is 6.67. The van der Waals surface area contributed by atoms with Gasteiger partial charge in [-0.2, -0.15) is 0 Å². The van der Waals surface area contributed by atoms with E-state index in [1.165, 1.54) is 0 Å². The summed E-state index contributed by atoms with van der Waals surface area (Å²) in [5.74, 6) is -1.99. The van der Waals surface area contributed by atoms with Crippen molar-refractivity contribution in [1.29, 1.82) is 0 Å². The van der Waals surface area contributed by atoms with Crippen molar-refractivity contribution in [3.05, 3.63) is 132 Å². The van der Waals surface area contributed by atoms with Gasteiger partial charge in [0.1, 0.15) is 13.2 Å². The Balaban J connectivity index is 1.37. The number of alkyl carbamates (subject to hydrolysis) is 1. The molecule has 3 aromatic rings. The number of hydrogen-bond acceptors (Lipinski definition) is 7. The van der Waals surface area contributed by atoms with Crippen LogP contribution in [0.5, 0.6) is 0 Å². The summed E-state index contributed by atoms with van der Waals surface area (Å²) >= 11 is 0. The van der Waals surface area contributed by atoms with Crippen LogP contribution < -0.4 is 10.6 Å². The average Bonchev–Trinajstić information content (AvgIpc) is 3.20. The maximum atomic E-state index is 13.8. The highest BCUT2D eigenvalue weighted by Gasteiger charge is 2.32. The zero-order valence-corrected chi connectivity index (χ0v) is 31.2. The highest BCUT2D eigenvalue weighted by Crippen LogP contribution is 2.25. The Kier molecular flexibility index (Phi) is 17.5. The largest absolute Gasteiger partial charge is 0.463 e. The summed E-state index contributed by atoms with van der Waals surface area (Å²) < 4.78 is 11.2. The van der Waals surface area contributed by atoms with Gasteiger partial charge >= 0.3 is 12.1 Å². The summed E-state index contributed by atoms with van der Waals surface area (Å²) in [6.07, 6.45) is 7.10. The van der Waals surface area contributed by atoms with Gasteiger partial charge in [-0.15, -0.1) is 13.2 Å². The molecule has 3 amide bonds. The van der Waals surface area contributed by atoms with Crippen molar-refractivity contribution in [1.82, 2.24) is 15.5 Å². The fourth-order valence-corrected chi connectivity index (χ4v) is 6.67. The minimum Gasteiger partial charge on any atom is -0.463 e. The van der Waals surface area contributed by atoms with E-state index in [9.17, 15) is 24.3 Å². The van der Waals surface area contributed by atoms with E-state index in [2.05, 4.69) is 23.8 Å². The molecular formula is C44H55N3O7. The molecule has 0 unspecified atom stereocenters. The van der Waals surface area contributed by atoms with Crippen LogP contribution in [0.2, 0.25) is 0 Å². The van der Waals surface area contributed by atoms with Crippen LogP contribution in [0.4, 0.5) is 4.79 Å². The molecule has 1 aliphatic heterocycles. The number of rotatable bonds is 22. The van der Waals surface area contributed by atoms with Gasteiger partial charge in [0.15, 0.2) is 0 Å². The van der Waals surface area contributed by atoms with Gasteiger partial charge in [0.2, 0.25) is 11.8 Å². The van der Waals surface area contributed by atoms with Crippen LogP contribution in [0.3, 0.4) is 0 Å². The standard InChI is InChI=1S/C44H55N3O7/c1-3-5-21-37(26-33-17-8-6-9-18-33)43(51)53-32-39(24-14-15-25-45-44(52)54-31-34-19-10-7-11-20-34)46-42(50)36(16-4-2)28-41(49)47-29-38-23-13-12-22-35(38)27-40(47)30-48/h3-4,6-13,17-20,22-23,36-37,39-40,48H,1-2,5,14-16,21,24-32H2,(H,45,52)(H,46,50)/t36-,37+,39-,40-/m0/s1. The topological polar surface area (TPSA) is 134 Å². The zero-order valence-electron chi connectivity index (χ0n) is 31.2. The second-order valence-corrected chi connectivity index (χ2v) is 13.8. The van der Waals surface area contributed by atoms with Crippen molar-refractivity contribution >= 4 is 23.9 Å². The lowest BCUT2D eigenvalue weighted by Crippen LogP contribution is -2.48. The van der Waals surface area contributed by atoms with Crippen molar-refractivity contribution < 1.29 is 33.8 Å². The zero-order chi connectivity index (χ0) is 38.5. The van der Waals surface area contributed by atoms with Gasteiger partial charge in [-0.1, -0.05) is 97.1 Å². The third-order valence-corrected chi connectivity index (χ3v) is 9.74. The number of fused-ring (bicyclic) bond motifs is 1. The molecule has 0 saturated carbocycles. The molecule has 0 aliphatic carbocycles. The number of allylic oxidation sites excluding steroid dienone is 2. The molecule has 3 N–H and O–H groups in total. The number of unbranched alkanes of at least 4 members (excludes halogenated alkanes) is 1. The molecule has 4 atom stereocenters. The first-order valence-corrected chi connectivity index (χ1v) is 19.0. The summed E-state index contributed by atoms with van der Waals surface area (Å²) in [7, 11) is 0. The first kappa shape index (κ1) is 41.5. The van der Waals surface area contributed by atoms with Gasteiger partial charge < -0.3 is 30.1 Å². The number of carbonyl (C=O) groups is 4. The Morgan fingerprint density at radius 2 is 1.52 bits per heavy atom. The maximum absolute atomic E-state index is 13.8. The van der Waals surface area contributed by atoms with E-state index in [0.717, 1.165) is 22.3 Å². The molecule has 0 aromatic heterocycles. The summed E-state index contributed by atoms with van der Waals surface area (Å²) in [5.41, 5.74) is 4.05. The monoisotopic (exact) mass is 737 g/mol. The number of nitrogens with zero attached hydrogens (tertiary/aromatic N) is 1. The third kappa shape index (κ3) is 13.6. The van der Waals surface area contributed by atoms with Crippen LogP contribution in [0, 0.1) is 11.8 Å². The van der Waals surface area contributed by atoms with Crippen LogP contribution >= 0.6 is 0 Å². The highest BCUT2D eigenvalue weighted by atomic mass is 16.5. The predicted molar refractivity (Wildman–Crippen MR) is 209 cm³/mol. The normalized spacial score (nSPS) is 15.1. The van der Waals surface area contributed by atoms with Crippen LogP contribution in [0.1, 0.15) is 67.2 Å². The number of nitrogens with one attached hydrogen (secondary N) is 2. The molecule has 0 saturated heterocycles. The lowest BCUT2D eigenvalue weighted by atomic mass is 9.92. The number of ether oxygens (including phenoxy) is 2. The van der Waals surface area contributed by atoms with Crippen LogP contribution in [-0.4, -0.2) is 65.7 Å². The first-order valence-electron chi connectivity index (χ1n) is 19.0. The van der Waals surface area contributed by atoms with E-state index < -0.39 is 18.1 Å². The van der Waals surface area contributed by atoms with E-state index in [4.69, 9.17) is 9.47 Å². The van der Waals surface area contributed by atoms with Crippen LogP contribution in [0.15, 0.2) is 110 Å². The molecule has 10 heteroatoms. The Morgan fingerprint density at radius 1 is 0.833 bits per heavy atom. The number of benzene rings is 3. The Hall–Kier alpha value is -5.22. The van der Waals surface area contributed by atoms with E-state index >= 15 is 0 Å². The summed E-state index contributed by atoms with van der Waals surface area (Å²) in [6.45, 7) is 8.33. The second-order valence-electron chi connectivity index (χ2n) is 13.8. The number of aliphatic hydroxyl groups is 1. The molecule has 1 heterocycles. The van der Waals surface area contributed by atoms with Crippen molar-refractivity contribution in [2.45, 2.75) is 83.0 Å². The smallest absolute Gasteiger partial charge is 0.407 e. The van der Waals surface area contributed by atoms with Gasteiger partial charge in [-0.25, -0.2) is 4.79 Å². The molecule has 0 fully saturated rings. The first-order chi connectivity index (χ1) is 26.3. The third-order valence-electron chi connectivity index (χ3n) is 9.74. The van der Waals surface area contributed by atoms with Crippen molar-refractivity contribution in [3.8, 4) is 0 Å². The molecule has 10 nitrogen and oxygen atoms in total. The SMILES string of the molecule is C=CCC[C@H](Cc1ccccc1)C(=O)OC[C@H](CCCCNC(=O)OCc1ccccc1)NC(=O)[C@@H](CC=C)CC(=O)N1Cc2ccccc2C[C@H]1CO. The predicted octanol–water partition coefficient (Wildman–Crippen LogP) is 6.46. The Morgan fingerprint density at radius 3 is 2.20 bits per heavy atom. The number of esters is 1. The van der Waals surface area contributed by atoms with E-state index in [1.54, 1.807) is 17.1 Å². The molecule has 0 spiro atoms. The van der Waals surface area contributed by atoms with Crippen LogP contribution in [-0.2, 0) is 49.9 Å². The number of aliphatic hydroxyl groups excluding tert-OH is 1. The Bertz CT molecular complexity index is 1650. The number of hydrogen-bond donors (Lipinski definition) is 3. The highest BCUT2D eigenvalue weighted by molar-refractivity contribution is 5.86. The molecule has 0 radical (unpaired) electrons. The number of carbonyl (C=O) groups excluding carboxylic acids is 4. The molecule has 0 bridgehead atoms. The second kappa shape index (κ2) is 22.8. The van der Waals surface area contributed by atoms with Gasteiger partial charge in [0.25, 0.3) is 0 Å². The van der Waals surface area contributed by atoms with E-state index in [0.29, 0.717) is 58.0 Å². The molecule has 54 heavy (non-hydrogen) atoms. The fraction of sp³-hybridized carbons (Fsp3) is 0.409. The van der Waals surface area contributed by atoms with E-state index in [-0.39, 0.29) is 62.4 Å². The molecule has 3 aromatic carbocycles. The lowest BCUT2D eigenvalue weighted by molar-refractivity contribution is -0.150. The average molecular weight is 738 g/mol. The summed E-state index contributed by atoms with van der Waals surface area (Å²) in [4.78, 5) is 54.9. The molecule has 288 valence electrons. The summed E-state index contributed by atoms with van der Waals surface area (Å²) in [6, 6.07) is 26.2. The minimum atomic E-state index is -0.704. The minimum absolute atomic E-state index is 0.0409. The lowest BCUT2D eigenvalue weighted by Gasteiger charge is -2.36.